The summed E-state index contributed by atoms with van der Waals surface area (Å²) in [6, 6.07) is 9.78. The number of benzene rings is 1. The van der Waals surface area contributed by atoms with Gasteiger partial charge in [-0.15, -0.1) is 0 Å². The van der Waals surface area contributed by atoms with E-state index >= 15 is 0 Å². The van der Waals surface area contributed by atoms with Gasteiger partial charge in [0.2, 0.25) is 0 Å². The van der Waals surface area contributed by atoms with E-state index in [4.69, 9.17) is 9.94 Å². The molecule has 0 spiro atoms. The van der Waals surface area contributed by atoms with Gasteiger partial charge in [0, 0.05) is 24.4 Å². The van der Waals surface area contributed by atoms with Gasteiger partial charge in [-0.3, -0.25) is 4.98 Å². The molecule has 0 atom stereocenters. The van der Waals surface area contributed by atoms with Gasteiger partial charge in [-0.1, -0.05) is 11.2 Å². The van der Waals surface area contributed by atoms with Crippen molar-refractivity contribution in [1.82, 2.24) is 4.98 Å². The summed E-state index contributed by atoms with van der Waals surface area (Å²) in [5, 5.41) is 12.2. The molecule has 0 saturated carbocycles. The molecule has 1 heterocycles. The highest BCUT2D eigenvalue weighted by Gasteiger charge is 2.08. The van der Waals surface area contributed by atoms with E-state index in [1.165, 1.54) is 5.56 Å². The van der Waals surface area contributed by atoms with Crippen molar-refractivity contribution in [3.8, 4) is 5.75 Å². The predicted octanol–water partition coefficient (Wildman–Crippen LogP) is 3.21. The molecular weight excluding hydrogens is 252 g/mol. The monoisotopic (exact) mass is 270 g/mol. The van der Waals surface area contributed by atoms with Crippen LogP contribution in [0.3, 0.4) is 0 Å². The number of pyridine rings is 1. The maximum atomic E-state index is 8.91. The van der Waals surface area contributed by atoms with Crippen molar-refractivity contribution in [3.05, 3.63) is 59.4 Å². The molecule has 0 fully saturated rings. The second kappa shape index (κ2) is 6.70. The molecule has 0 radical (unpaired) electrons. The second-order valence-corrected chi connectivity index (χ2v) is 4.64. The van der Waals surface area contributed by atoms with Crippen LogP contribution >= 0.6 is 0 Å². The van der Waals surface area contributed by atoms with Crippen molar-refractivity contribution in [2.45, 2.75) is 20.3 Å². The molecule has 1 aromatic heterocycles. The fraction of sp³-hybridized carbons (Fsp3) is 0.250. The number of aryl methyl sites for hydroxylation is 1. The number of rotatable bonds is 5. The smallest absolute Gasteiger partial charge is 0.128 e. The normalized spacial score (nSPS) is 11.4. The molecule has 0 aliphatic heterocycles. The van der Waals surface area contributed by atoms with Crippen molar-refractivity contribution in [2.24, 2.45) is 5.16 Å². The maximum Gasteiger partial charge on any atom is 0.128 e. The van der Waals surface area contributed by atoms with E-state index in [1.807, 2.05) is 37.3 Å². The largest absolute Gasteiger partial charge is 0.493 e. The number of nitrogens with zero attached hydrogens (tertiary/aromatic N) is 2. The molecule has 0 unspecified atom stereocenters. The summed E-state index contributed by atoms with van der Waals surface area (Å²) in [5.41, 5.74) is 3.65. The number of hydrogen-bond donors (Lipinski definition) is 1. The third kappa shape index (κ3) is 3.57. The molecule has 1 N–H and O–H groups in total. The highest BCUT2D eigenvalue weighted by molar-refractivity contribution is 6.00. The van der Waals surface area contributed by atoms with E-state index in [1.54, 1.807) is 19.3 Å². The van der Waals surface area contributed by atoms with Gasteiger partial charge in [-0.25, -0.2) is 0 Å². The Morgan fingerprint density at radius 3 is 2.70 bits per heavy atom. The fourth-order valence-corrected chi connectivity index (χ4v) is 1.93. The van der Waals surface area contributed by atoms with Crippen LogP contribution < -0.4 is 4.74 Å². The zero-order chi connectivity index (χ0) is 14.4. The van der Waals surface area contributed by atoms with E-state index in [2.05, 4.69) is 10.1 Å². The van der Waals surface area contributed by atoms with Crippen LogP contribution in [-0.4, -0.2) is 22.5 Å². The molecule has 2 rings (SSSR count). The van der Waals surface area contributed by atoms with Gasteiger partial charge in [0.25, 0.3) is 0 Å². The van der Waals surface area contributed by atoms with E-state index in [9.17, 15) is 0 Å². The van der Waals surface area contributed by atoms with Crippen molar-refractivity contribution in [1.29, 1.82) is 0 Å². The molecule has 1 aromatic carbocycles. The van der Waals surface area contributed by atoms with Gasteiger partial charge in [0.05, 0.1) is 12.3 Å². The van der Waals surface area contributed by atoms with Crippen molar-refractivity contribution in [3.63, 3.8) is 0 Å². The lowest BCUT2D eigenvalue weighted by atomic mass is 10.1. The molecule has 4 nitrogen and oxygen atoms in total. The Kier molecular flexibility index (Phi) is 4.71. The average Bonchev–Trinajstić information content (AvgIpc) is 2.48. The first-order chi connectivity index (χ1) is 9.70. The minimum Gasteiger partial charge on any atom is -0.493 e. The molecule has 0 saturated heterocycles. The highest BCUT2D eigenvalue weighted by Crippen LogP contribution is 2.21. The lowest BCUT2D eigenvalue weighted by Crippen LogP contribution is -2.06. The molecule has 0 amide bonds. The van der Waals surface area contributed by atoms with Crippen LogP contribution in [-0.2, 0) is 6.42 Å². The Hall–Kier alpha value is -2.36. The highest BCUT2D eigenvalue weighted by atomic mass is 16.5. The van der Waals surface area contributed by atoms with Crippen molar-refractivity contribution >= 4 is 5.71 Å². The molecule has 4 heteroatoms. The fourth-order valence-electron chi connectivity index (χ4n) is 1.93. The number of aromatic nitrogens is 1. The Morgan fingerprint density at radius 2 is 2.00 bits per heavy atom. The summed E-state index contributed by atoms with van der Waals surface area (Å²) in [7, 11) is 0. The summed E-state index contributed by atoms with van der Waals surface area (Å²) in [6.07, 6.45) is 4.36. The van der Waals surface area contributed by atoms with Crippen molar-refractivity contribution < 1.29 is 9.94 Å². The molecular formula is C16H18N2O2. The summed E-state index contributed by atoms with van der Waals surface area (Å²) in [5.74, 6) is 0.745. The molecule has 2 aromatic rings. The van der Waals surface area contributed by atoms with Gasteiger partial charge in [0.15, 0.2) is 0 Å². The van der Waals surface area contributed by atoms with Crippen LogP contribution in [0.1, 0.15) is 23.6 Å². The Balaban J connectivity index is 2.07. The molecule has 0 aliphatic carbocycles. The quantitative estimate of drug-likeness (QED) is 0.515. The van der Waals surface area contributed by atoms with E-state index in [-0.39, 0.29) is 0 Å². The topological polar surface area (TPSA) is 54.7 Å². The number of hydrogen-bond acceptors (Lipinski definition) is 4. The minimum absolute atomic E-state index is 0.545. The lowest BCUT2D eigenvalue weighted by Gasteiger charge is -2.11. The average molecular weight is 270 g/mol. The van der Waals surface area contributed by atoms with Crippen LogP contribution in [0.4, 0.5) is 0 Å². The Labute approximate surface area is 118 Å². The van der Waals surface area contributed by atoms with Crippen LogP contribution in [0.25, 0.3) is 0 Å². The van der Waals surface area contributed by atoms with Crippen LogP contribution in [0.2, 0.25) is 0 Å². The number of ether oxygens (including phenoxy) is 1. The first-order valence-corrected chi connectivity index (χ1v) is 6.52. The van der Waals surface area contributed by atoms with Gasteiger partial charge in [-0.05, 0) is 49.2 Å². The second-order valence-electron chi connectivity index (χ2n) is 4.64. The first-order valence-electron chi connectivity index (χ1n) is 6.52. The minimum atomic E-state index is 0.545. The molecule has 0 aliphatic rings. The zero-order valence-corrected chi connectivity index (χ0v) is 11.7. The van der Waals surface area contributed by atoms with Gasteiger partial charge >= 0.3 is 0 Å². The predicted molar refractivity (Wildman–Crippen MR) is 78.6 cm³/mol. The summed E-state index contributed by atoms with van der Waals surface area (Å²) < 4.78 is 5.83. The summed E-state index contributed by atoms with van der Waals surface area (Å²) in [4.78, 5) is 3.99. The third-order valence-electron chi connectivity index (χ3n) is 3.07. The van der Waals surface area contributed by atoms with E-state index in [0.717, 1.165) is 23.3 Å². The Bertz CT molecular complexity index is 595. The molecule has 104 valence electrons. The van der Waals surface area contributed by atoms with Crippen LogP contribution in [0.15, 0.2) is 47.9 Å². The van der Waals surface area contributed by atoms with Gasteiger partial charge in [-0.2, -0.15) is 0 Å². The van der Waals surface area contributed by atoms with Gasteiger partial charge < -0.3 is 9.94 Å². The lowest BCUT2D eigenvalue weighted by molar-refractivity contribution is 0.314. The third-order valence-corrected chi connectivity index (χ3v) is 3.07. The van der Waals surface area contributed by atoms with Gasteiger partial charge in [0.1, 0.15) is 5.75 Å². The standard InChI is InChI=1S/C16H18N2O2/c1-12-3-4-15(13(2)18-19)16(11-12)20-10-7-14-5-8-17-9-6-14/h3-6,8-9,11,19H,7,10H2,1-2H3. The molecule has 20 heavy (non-hydrogen) atoms. The SMILES string of the molecule is CC(=NO)c1ccc(C)cc1OCCc1ccncc1. The van der Waals surface area contributed by atoms with Crippen molar-refractivity contribution in [2.75, 3.05) is 6.61 Å². The van der Waals surface area contributed by atoms with Crippen LogP contribution in [0, 0.1) is 6.92 Å². The zero-order valence-electron chi connectivity index (χ0n) is 11.7. The Morgan fingerprint density at radius 1 is 1.25 bits per heavy atom. The maximum absolute atomic E-state index is 8.91. The summed E-state index contributed by atoms with van der Waals surface area (Å²) >= 11 is 0. The molecule has 0 bridgehead atoms. The number of oxime groups is 1. The first kappa shape index (κ1) is 14.1. The van der Waals surface area contributed by atoms with E-state index in [0.29, 0.717) is 12.3 Å². The van der Waals surface area contributed by atoms with Crippen LogP contribution in [0.5, 0.6) is 5.75 Å². The summed E-state index contributed by atoms with van der Waals surface area (Å²) in [6.45, 7) is 4.32. The van der Waals surface area contributed by atoms with E-state index < -0.39 is 0 Å².